The molecule has 2 aromatic heterocycles. The summed E-state index contributed by atoms with van der Waals surface area (Å²) >= 11 is 1.24. The number of rotatable bonds is 4. The van der Waals surface area contributed by atoms with Crippen molar-refractivity contribution >= 4 is 33.7 Å². The molecule has 3 aromatic carbocycles. The van der Waals surface area contributed by atoms with Gasteiger partial charge < -0.3 is 4.98 Å². The van der Waals surface area contributed by atoms with Gasteiger partial charge in [-0.25, -0.2) is 4.98 Å². The Labute approximate surface area is 197 Å². The Bertz CT molecular complexity index is 1600. The highest BCUT2D eigenvalue weighted by Gasteiger charge is 2.30. The van der Waals surface area contributed by atoms with Gasteiger partial charge >= 0.3 is 6.18 Å². The molecule has 0 atom stereocenters. The number of aromatic amines is 1. The van der Waals surface area contributed by atoms with E-state index in [0.29, 0.717) is 27.4 Å². The highest BCUT2D eigenvalue weighted by molar-refractivity contribution is 7.98. The van der Waals surface area contributed by atoms with E-state index in [9.17, 15) is 18.0 Å². The van der Waals surface area contributed by atoms with Gasteiger partial charge in [0.15, 0.2) is 5.16 Å². The van der Waals surface area contributed by atoms with E-state index in [4.69, 9.17) is 4.98 Å². The number of H-pyrrole nitrogens is 1. The molecule has 0 amide bonds. The van der Waals surface area contributed by atoms with Crippen molar-refractivity contribution < 1.29 is 13.2 Å². The summed E-state index contributed by atoms with van der Waals surface area (Å²) in [5.74, 6) is 0.231. The highest BCUT2D eigenvalue weighted by atomic mass is 32.2. The summed E-state index contributed by atoms with van der Waals surface area (Å²) in [6, 6.07) is 18.5. The van der Waals surface area contributed by atoms with E-state index in [1.807, 2.05) is 56.3 Å². The van der Waals surface area contributed by atoms with E-state index >= 15 is 0 Å². The van der Waals surface area contributed by atoms with E-state index in [2.05, 4.69) is 4.98 Å². The number of aryl methyl sites for hydroxylation is 1. The Morgan fingerprint density at radius 1 is 1.00 bits per heavy atom. The summed E-state index contributed by atoms with van der Waals surface area (Å²) in [6.07, 6.45) is -4.41. The Hall–Kier alpha value is -3.52. The van der Waals surface area contributed by atoms with Crippen LogP contribution in [0.5, 0.6) is 0 Å². The van der Waals surface area contributed by atoms with Gasteiger partial charge in [-0.1, -0.05) is 60.3 Å². The zero-order valence-corrected chi connectivity index (χ0v) is 19.2. The van der Waals surface area contributed by atoms with Crippen LogP contribution in [0.25, 0.3) is 27.6 Å². The van der Waals surface area contributed by atoms with Crippen LogP contribution in [-0.2, 0) is 11.9 Å². The maximum absolute atomic E-state index is 13.7. The van der Waals surface area contributed by atoms with Gasteiger partial charge in [-0.3, -0.25) is 9.36 Å². The lowest BCUT2D eigenvalue weighted by molar-refractivity contribution is -0.137. The highest BCUT2D eigenvalue weighted by Crippen LogP contribution is 2.32. The number of hydrogen-bond acceptors (Lipinski definition) is 3. The fraction of sp³-hybridized carbons (Fsp3) is 0.154. The molecule has 0 saturated heterocycles. The molecule has 0 aliphatic carbocycles. The number of hydrogen-bond donors (Lipinski definition) is 1. The molecule has 5 aromatic rings. The molecule has 0 saturated carbocycles. The molecular formula is C26H20F3N3OS. The first-order valence-corrected chi connectivity index (χ1v) is 11.6. The van der Waals surface area contributed by atoms with E-state index in [-0.39, 0.29) is 11.3 Å². The maximum atomic E-state index is 13.7. The number of nitrogens with zero attached hydrogens (tertiary/aromatic N) is 2. The van der Waals surface area contributed by atoms with Crippen LogP contribution < -0.4 is 5.56 Å². The molecular weight excluding hydrogens is 459 g/mol. The lowest BCUT2D eigenvalue weighted by Crippen LogP contribution is -2.22. The van der Waals surface area contributed by atoms with Gasteiger partial charge in [0, 0.05) is 16.7 Å². The standard InChI is InChI=1S/C26H20F3N3OS/c1-15-7-5-12-21(16(15)2)32-24(33)23-22(19-10-3-4-11-20(19)30-23)31-25(32)34-14-17-8-6-9-18(13-17)26(27,28)29/h3-13,30H,14H2,1-2H3. The van der Waals surface area contributed by atoms with E-state index < -0.39 is 11.7 Å². The largest absolute Gasteiger partial charge is 0.416 e. The molecule has 0 radical (unpaired) electrons. The molecule has 172 valence electrons. The predicted molar refractivity (Wildman–Crippen MR) is 130 cm³/mol. The Morgan fingerprint density at radius 3 is 2.56 bits per heavy atom. The van der Waals surface area contributed by atoms with Crippen LogP contribution in [0.1, 0.15) is 22.3 Å². The third-order valence-corrected chi connectivity index (χ3v) is 6.94. The van der Waals surface area contributed by atoms with E-state index in [1.54, 1.807) is 10.6 Å². The molecule has 2 heterocycles. The number of fused-ring (bicyclic) bond motifs is 3. The molecule has 1 N–H and O–H groups in total. The SMILES string of the molecule is Cc1cccc(-n2c(SCc3cccc(C(F)(F)F)c3)nc3c([nH]c4ccccc43)c2=O)c1C. The number of para-hydroxylation sites is 1. The number of aromatic nitrogens is 3. The van der Waals surface area contributed by atoms with Crippen LogP contribution in [0.3, 0.4) is 0 Å². The zero-order valence-electron chi connectivity index (χ0n) is 18.4. The van der Waals surface area contributed by atoms with Gasteiger partial charge in [-0.2, -0.15) is 13.2 Å². The van der Waals surface area contributed by atoms with Gasteiger partial charge in [0.2, 0.25) is 0 Å². The molecule has 0 spiro atoms. The minimum absolute atomic E-state index is 0.231. The fourth-order valence-corrected chi connectivity index (χ4v) is 4.96. The third-order valence-electron chi connectivity index (χ3n) is 5.93. The van der Waals surface area contributed by atoms with Crippen LogP contribution >= 0.6 is 11.8 Å². The predicted octanol–water partition coefficient (Wildman–Crippen LogP) is 6.79. The van der Waals surface area contributed by atoms with Gasteiger partial charge in [-0.05, 0) is 48.7 Å². The third kappa shape index (κ3) is 3.88. The maximum Gasteiger partial charge on any atom is 0.416 e. The van der Waals surface area contributed by atoms with E-state index in [0.717, 1.165) is 34.2 Å². The van der Waals surface area contributed by atoms with Crippen molar-refractivity contribution in [3.05, 3.63) is 99.3 Å². The molecule has 0 aliphatic rings. The van der Waals surface area contributed by atoms with Crippen molar-refractivity contribution in [1.82, 2.24) is 14.5 Å². The molecule has 34 heavy (non-hydrogen) atoms. The number of alkyl halides is 3. The molecule has 8 heteroatoms. The number of halogens is 3. The first-order valence-electron chi connectivity index (χ1n) is 10.6. The minimum Gasteiger partial charge on any atom is -0.349 e. The monoisotopic (exact) mass is 479 g/mol. The number of thioether (sulfide) groups is 1. The summed E-state index contributed by atoms with van der Waals surface area (Å²) < 4.78 is 41.1. The second-order valence-corrected chi connectivity index (χ2v) is 9.08. The quantitative estimate of drug-likeness (QED) is 0.228. The van der Waals surface area contributed by atoms with Gasteiger partial charge in [0.25, 0.3) is 5.56 Å². The Kier molecular flexibility index (Phi) is 5.48. The first-order chi connectivity index (χ1) is 16.2. The van der Waals surface area contributed by atoms with Gasteiger partial charge in [0.1, 0.15) is 11.0 Å². The second kappa shape index (κ2) is 8.36. The summed E-state index contributed by atoms with van der Waals surface area (Å²) in [4.78, 5) is 21.7. The number of nitrogens with one attached hydrogen (secondary N) is 1. The van der Waals surface area contributed by atoms with E-state index in [1.165, 1.54) is 17.8 Å². The van der Waals surface area contributed by atoms with Crippen molar-refractivity contribution in [2.24, 2.45) is 0 Å². The smallest absolute Gasteiger partial charge is 0.349 e. The van der Waals surface area contributed by atoms with Crippen molar-refractivity contribution in [3.8, 4) is 5.69 Å². The Balaban J connectivity index is 1.68. The van der Waals surface area contributed by atoms with Crippen molar-refractivity contribution in [3.63, 3.8) is 0 Å². The number of benzene rings is 3. The molecule has 5 rings (SSSR count). The summed E-state index contributed by atoms with van der Waals surface area (Å²) in [5.41, 5.74) is 3.95. The lowest BCUT2D eigenvalue weighted by Gasteiger charge is -2.16. The molecule has 0 bridgehead atoms. The van der Waals surface area contributed by atoms with Crippen molar-refractivity contribution in [2.75, 3.05) is 0 Å². The van der Waals surface area contributed by atoms with Crippen LogP contribution in [0.15, 0.2) is 76.7 Å². The Morgan fingerprint density at radius 2 is 1.76 bits per heavy atom. The van der Waals surface area contributed by atoms with Crippen LogP contribution in [0.4, 0.5) is 13.2 Å². The summed E-state index contributed by atoms with van der Waals surface area (Å²) in [7, 11) is 0. The summed E-state index contributed by atoms with van der Waals surface area (Å²) in [6.45, 7) is 3.90. The molecule has 4 nitrogen and oxygen atoms in total. The lowest BCUT2D eigenvalue weighted by atomic mass is 10.1. The molecule has 0 aliphatic heterocycles. The summed E-state index contributed by atoms with van der Waals surface area (Å²) in [5, 5.41) is 1.25. The van der Waals surface area contributed by atoms with Crippen LogP contribution in [0.2, 0.25) is 0 Å². The second-order valence-electron chi connectivity index (χ2n) is 8.13. The van der Waals surface area contributed by atoms with Crippen molar-refractivity contribution in [1.29, 1.82) is 0 Å². The first kappa shape index (κ1) is 22.3. The minimum atomic E-state index is -4.41. The van der Waals surface area contributed by atoms with Crippen molar-refractivity contribution in [2.45, 2.75) is 30.9 Å². The zero-order chi connectivity index (χ0) is 24.0. The van der Waals surface area contributed by atoms with Crippen LogP contribution in [0, 0.1) is 13.8 Å². The van der Waals surface area contributed by atoms with Gasteiger partial charge in [0.05, 0.1) is 11.3 Å². The van der Waals surface area contributed by atoms with Crippen LogP contribution in [-0.4, -0.2) is 14.5 Å². The topological polar surface area (TPSA) is 50.7 Å². The fourth-order valence-electron chi connectivity index (χ4n) is 4.01. The average Bonchev–Trinajstić information content (AvgIpc) is 3.19. The normalized spacial score (nSPS) is 12.0. The average molecular weight is 480 g/mol. The molecule has 0 unspecified atom stereocenters. The molecule has 0 fully saturated rings. The van der Waals surface area contributed by atoms with Gasteiger partial charge in [-0.15, -0.1) is 0 Å².